The molecule has 2 atom stereocenters. The van der Waals surface area contributed by atoms with Crippen LogP contribution in [0, 0.1) is 21.4 Å². The number of fused-ring (bicyclic) bond motifs is 3. The molecule has 0 spiro atoms. The molecule has 2 aromatic heterocycles. The molecule has 5 aromatic rings. The summed E-state index contributed by atoms with van der Waals surface area (Å²) in [7, 11) is -4.57. The number of allylic oxidation sites excluding steroid dienone is 1. The molecule has 324 valence electrons. The van der Waals surface area contributed by atoms with E-state index in [4.69, 9.17) is 25.8 Å². The molecule has 3 aromatic carbocycles. The smallest absolute Gasteiger partial charge is 0.293 e. The molecule has 0 bridgehead atoms. The van der Waals surface area contributed by atoms with Crippen LogP contribution in [0.15, 0.2) is 95.7 Å². The predicted octanol–water partition coefficient (Wildman–Crippen LogP) is 7.99. The van der Waals surface area contributed by atoms with Crippen molar-refractivity contribution in [1.82, 2.24) is 19.6 Å². The number of ether oxygens (including phenoxy) is 3. The zero-order valence-corrected chi connectivity index (χ0v) is 36.0. The van der Waals surface area contributed by atoms with Gasteiger partial charge in [0, 0.05) is 73.8 Å². The highest BCUT2D eigenvalue weighted by atomic mass is 35.5. The summed E-state index contributed by atoms with van der Waals surface area (Å²) in [4.78, 5) is 37.0. The molecule has 4 aliphatic rings. The van der Waals surface area contributed by atoms with Gasteiger partial charge in [0.25, 0.3) is 21.6 Å². The largest absolute Gasteiger partial charge is 0.455 e. The molecule has 5 heterocycles. The van der Waals surface area contributed by atoms with E-state index in [2.05, 4.69) is 55.8 Å². The summed E-state index contributed by atoms with van der Waals surface area (Å²) in [5, 5.41) is 16.7. The Morgan fingerprint density at radius 3 is 2.66 bits per heavy atom. The summed E-state index contributed by atoms with van der Waals surface area (Å²) in [6, 6.07) is 20.2. The highest BCUT2D eigenvalue weighted by Gasteiger charge is 2.43. The average Bonchev–Trinajstić information content (AvgIpc) is 3.73. The Hall–Kier alpha value is -5.52. The predicted molar refractivity (Wildman–Crippen MR) is 236 cm³/mol. The number of sulfonamides is 1. The fourth-order valence-corrected chi connectivity index (χ4v) is 10.1. The van der Waals surface area contributed by atoms with E-state index in [0.717, 1.165) is 55.9 Å². The third-order valence-corrected chi connectivity index (χ3v) is 13.9. The van der Waals surface area contributed by atoms with Gasteiger partial charge in [-0.15, -0.1) is 0 Å². The lowest BCUT2D eigenvalue weighted by Crippen LogP contribution is -2.60. The number of nitrogens with zero attached hydrogens (tertiary/aromatic N) is 4. The maximum absolute atomic E-state index is 14.0. The van der Waals surface area contributed by atoms with Gasteiger partial charge < -0.3 is 29.4 Å². The molecule has 3 saturated heterocycles. The van der Waals surface area contributed by atoms with Gasteiger partial charge in [0.15, 0.2) is 0 Å². The first-order valence-electron chi connectivity index (χ1n) is 20.8. The number of nitro groups is 1. The van der Waals surface area contributed by atoms with Crippen molar-refractivity contribution in [1.29, 1.82) is 0 Å². The number of carbonyl (C=O) groups is 1. The number of H-pyrrole nitrogens is 1. The molecular formula is C45H48ClN7O8S. The zero-order valence-electron chi connectivity index (χ0n) is 34.4. The van der Waals surface area contributed by atoms with E-state index in [1.54, 1.807) is 24.4 Å². The van der Waals surface area contributed by atoms with Crippen LogP contribution >= 0.6 is 11.6 Å². The van der Waals surface area contributed by atoms with Crippen LogP contribution in [0.3, 0.4) is 0 Å². The van der Waals surface area contributed by atoms with Gasteiger partial charge in [-0.05, 0) is 102 Å². The first kappa shape index (κ1) is 41.8. The Balaban J connectivity index is 0.965. The fraction of sp³-hybridized carbons (Fsp3) is 0.378. The summed E-state index contributed by atoms with van der Waals surface area (Å²) in [6.45, 7) is 9.02. The molecule has 62 heavy (non-hydrogen) atoms. The number of nitrogens with one attached hydrogen (secondary N) is 3. The number of piperazine rings is 1. The topological polar surface area (TPSA) is 181 Å². The number of halogens is 1. The van der Waals surface area contributed by atoms with Crippen LogP contribution in [0.1, 0.15) is 55.5 Å². The van der Waals surface area contributed by atoms with E-state index in [0.29, 0.717) is 49.3 Å². The minimum Gasteiger partial charge on any atom is -0.455 e. The van der Waals surface area contributed by atoms with Gasteiger partial charge in [-0.3, -0.25) is 19.8 Å². The number of aromatic nitrogens is 2. The van der Waals surface area contributed by atoms with Crippen molar-refractivity contribution in [2.45, 2.75) is 56.8 Å². The standard InChI is InChI=1S/C45H48ClN7O8S/c1-45(2)22-36(29-3-5-31(46)6-4-29)37-26-52-16-15-51(27-42(52)61-41(37)23-45)32-7-9-35(40(20-32)60-33-19-30-11-14-47-43(30)49-25-33)44(54)50-62(57,58)34-8-10-38(39(21-34)53(55)56)48-24-28-12-17-59-18-13-28/h3-11,14,19-21,25,28,41-42,48H,12-13,15-18,22-24,26-27H2,1-2H3,(H,47,49)(H,50,54)/t41-,42+/m1/s1. The van der Waals surface area contributed by atoms with Gasteiger partial charge in [-0.25, -0.2) is 18.1 Å². The first-order valence-corrected chi connectivity index (χ1v) is 22.7. The van der Waals surface area contributed by atoms with Crippen molar-refractivity contribution in [3.05, 3.63) is 117 Å². The van der Waals surface area contributed by atoms with Gasteiger partial charge in [-0.1, -0.05) is 37.6 Å². The lowest BCUT2D eigenvalue weighted by molar-refractivity contribution is -0.384. The van der Waals surface area contributed by atoms with Crippen LogP contribution in [0.5, 0.6) is 11.5 Å². The summed E-state index contributed by atoms with van der Waals surface area (Å²) < 4.78 is 48.2. The maximum atomic E-state index is 14.0. The van der Waals surface area contributed by atoms with Gasteiger partial charge in [0.2, 0.25) is 0 Å². The summed E-state index contributed by atoms with van der Waals surface area (Å²) >= 11 is 6.25. The summed E-state index contributed by atoms with van der Waals surface area (Å²) in [6.07, 6.45) is 6.53. The molecule has 0 saturated carbocycles. The van der Waals surface area contributed by atoms with Crippen LogP contribution in [0.25, 0.3) is 16.6 Å². The normalized spacial score (nSPS) is 20.7. The number of hydrogen-bond donors (Lipinski definition) is 3. The lowest BCUT2D eigenvalue weighted by atomic mass is 9.70. The van der Waals surface area contributed by atoms with E-state index in [1.165, 1.54) is 41.1 Å². The third-order valence-electron chi connectivity index (χ3n) is 12.3. The Kier molecular flexibility index (Phi) is 11.5. The SMILES string of the molecule is CC1(C)CC(c2ccc(Cl)cc2)=C2CN3CCN(c4ccc(C(=O)NS(=O)(=O)c5ccc(NCC6CCOCC6)c([N+](=O)[O-])c5)c(Oc5cnc6[nH]ccc6c5)c4)C[C@@H]3O[C@@H]2C1. The van der Waals surface area contributed by atoms with Crippen molar-refractivity contribution in [2.75, 3.05) is 56.2 Å². The van der Waals surface area contributed by atoms with Crippen molar-refractivity contribution in [2.24, 2.45) is 11.3 Å². The molecule has 1 aliphatic carbocycles. The number of rotatable bonds is 11. The molecule has 9 rings (SSSR count). The number of aromatic amines is 1. The molecule has 3 N–H and O–H groups in total. The molecule has 3 fully saturated rings. The molecular weight excluding hydrogens is 834 g/mol. The number of amides is 1. The summed E-state index contributed by atoms with van der Waals surface area (Å²) in [5.41, 5.74) is 4.96. The third kappa shape index (κ3) is 8.88. The molecule has 3 aliphatic heterocycles. The monoisotopic (exact) mass is 881 g/mol. The van der Waals surface area contributed by atoms with Gasteiger partial charge in [0.1, 0.15) is 29.1 Å². The van der Waals surface area contributed by atoms with E-state index in [1.807, 2.05) is 18.2 Å². The minimum atomic E-state index is -4.57. The average molecular weight is 882 g/mol. The molecule has 15 nitrogen and oxygen atoms in total. The Morgan fingerprint density at radius 2 is 1.87 bits per heavy atom. The van der Waals surface area contributed by atoms with Crippen molar-refractivity contribution < 1.29 is 32.3 Å². The Bertz CT molecular complexity index is 2660. The minimum absolute atomic E-state index is 0.0358. The maximum Gasteiger partial charge on any atom is 0.293 e. The van der Waals surface area contributed by atoms with E-state index in [-0.39, 0.29) is 40.7 Å². The second kappa shape index (κ2) is 17.0. The highest BCUT2D eigenvalue weighted by Crippen LogP contribution is 2.47. The quantitative estimate of drug-likeness (QED) is 0.0861. The van der Waals surface area contributed by atoms with Crippen LogP contribution in [-0.4, -0.2) is 92.4 Å². The molecule has 1 amide bonds. The number of carbonyl (C=O) groups excluding carboxylic acids is 1. The Morgan fingerprint density at radius 1 is 1.06 bits per heavy atom. The Labute approximate surface area is 364 Å². The zero-order chi connectivity index (χ0) is 43.2. The lowest BCUT2D eigenvalue weighted by Gasteiger charge is -2.51. The second-order valence-electron chi connectivity index (χ2n) is 17.2. The van der Waals surface area contributed by atoms with E-state index < -0.39 is 31.4 Å². The number of pyridine rings is 1. The van der Waals surface area contributed by atoms with E-state index >= 15 is 0 Å². The fourth-order valence-electron chi connectivity index (χ4n) is 8.99. The van der Waals surface area contributed by atoms with Crippen molar-refractivity contribution >= 4 is 61.2 Å². The number of hydrogen-bond acceptors (Lipinski definition) is 12. The van der Waals surface area contributed by atoms with Crippen LogP contribution in [0.4, 0.5) is 17.1 Å². The van der Waals surface area contributed by atoms with Crippen molar-refractivity contribution in [3.8, 4) is 11.5 Å². The number of benzene rings is 3. The van der Waals surface area contributed by atoms with Gasteiger partial charge in [0.05, 0.1) is 34.2 Å². The molecule has 0 unspecified atom stereocenters. The van der Waals surface area contributed by atoms with Crippen molar-refractivity contribution in [3.63, 3.8) is 0 Å². The summed E-state index contributed by atoms with van der Waals surface area (Å²) in [5.74, 6) is -0.265. The second-order valence-corrected chi connectivity index (χ2v) is 19.3. The first-order chi connectivity index (χ1) is 29.8. The molecule has 17 heteroatoms. The van der Waals surface area contributed by atoms with E-state index in [9.17, 15) is 23.3 Å². The highest BCUT2D eigenvalue weighted by molar-refractivity contribution is 7.90. The number of nitro benzene ring substituents is 1. The van der Waals surface area contributed by atoms with Crippen LogP contribution in [0.2, 0.25) is 5.02 Å². The van der Waals surface area contributed by atoms with Crippen LogP contribution < -0.4 is 19.7 Å². The van der Waals surface area contributed by atoms with Gasteiger partial charge >= 0.3 is 0 Å². The molecule has 0 radical (unpaired) electrons. The van der Waals surface area contributed by atoms with Crippen LogP contribution in [-0.2, 0) is 19.5 Å². The number of anilines is 2. The van der Waals surface area contributed by atoms with Gasteiger partial charge in [-0.2, -0.15) is 0 Å².